The second-order valence-electron chi connectivity index (χ2n) is 20.3. The Morgan fingerprint density at radius 3 is 1.07 bits per heavy atom. The van der Waals surface area contributed by atoms with Gasteiger partial charge in [-0.2, -0.15) is 8.42 Å². The maximum atomic E-state index is 12.9. The molecule has 0 aromatic rings. The van der Waals surface area contributed by atoms with Crippen LogP contribution in [0.25, 0.3) is 0 Å². The average Bonchev–Trinajstić information content (AvgIpc) is 3.31. The van der Waals surface area contributed by atoms with Crippen molar-refractivity contribution in [1.82, 2.24) is 0 Å². The van der Waals surface area contributed by atoms with Crippen LogP contribution in [0.4, 0.5) is 0 Å². The van der Waals surface area contributed by atoms with E-state index in [0.717, 1.165) is 38.5 Å². The minimum Gasteiger partial charge on any atom is -0.462 e. The number of carbonyl (C=O) groups is 2. The summed E-state index contributed by atoms with van der Waals surface area (Å²) in [7, 11) is -4.60. The number of aliphatic hydroxyl groups excluding tert-OH is 3. The van der Waals surface area contributed by atoms with Crippen molar-refractivity contribution in [2.24, 2.45) is 0 Å². The zero-order valence-electron chi connectivity index (χ0n) is 43.7. The molecule has 6 atom stereocenters. The van der Waals surface area contributed by atoms with E-state index in [-0.39, 0.29) is 19.4 Å². The zero-order chi connectivity index (χ0) is 49.8. The Morgan fingerprint density at radius 1 is 0.441 bits per heavy atom. The van der Waals surface area contributed by atoms with Crippen molar-refractivity contribution in [2.75, 3.05) is 19.0 Å². The molecule has 1 aliphatic rings. The fourth-order valence-electron chi connectivity index (χ4n) is 9.27. The predicted octanol–water partition coefficient (Wildman–Crippen LogP) is 13.6. The smallest absolute Gasteiger partial charge is 0.306 e. The van der Waals surface area contributed by atoms with Crippen LogP contribution in [0.5, 0.6) is 0 Å². The zero-order valence-corrected chi connectivity index (χ0v) is 44.6. The van der Waals surface area contributed by atoms with Crippen LogP contribution in [-0.4, -0.2) is 96.0 Å². The van der Waals surface area contributed by atoms with E-state index in [2.05, 4.69) is 13.8 Å². The van der Waals surface area contributed by atoms with Crippen molar-refractivity contribution in [3.05, 3.63) is 0 Å². The second-order valence-corrected chi connectivity index (χ2v) is 21.8. The summed E-state index contributed by atoms with van der Waals surface area (Å²) in [6.45, 7) is 3.83. The molecule has 0 bridgehead atoms. The van der Waals surface area contributed by atoms with Gasteiger partial charge in [0.15, 0.2) is 12.4 Å². The normalized spacial score (nSPS) is 19.1. The highest BCUT2D eigenvalue weighted by Gasteiger charge is 2.46. The van der Waals surface area contributed by atoms with Crippen molar-refractivity contribution >= 4 is 22.1 Å². The molecule has 12 nitrogen and oxygen atoms in total. The first-order valence-corrected chi connectivity index (χ1v) is 30.2. The minimum absolute atomic E-state index is 0.173. The molecule has 0 aromatic carbocycles. The molecule has 4 N–H and O–H groups in total. The summed E-state index contributed by atoms with van der Waals surface area (Å²) in [6.07, 6.45) is 41.5. The monoisotopic (exact) mass is 991 g/mol. The van der Waals surface area contributed by atoms with Crippen molar-refractivity contribution < 1.29 is 56.8 Å². The van der Waals surface area contributed by atoms with E-state index in [1.54, 1.807) is 0 Å². The number of esters is 2. The SMILES string of the molecule is CCCCCCCCCCCCCCCCCCCCCCCCCC(=O)OC[C@H](CO[C@H]1O[C@H](CS(=O)(=O)O)[C@@H](O)C(O)C1O)OC(=O)CCCCCCCCCCCCCCCCCCC. The third-order valence-electron chi connectivity index (χ3n) is 13.7. The molecule has 1 saturated heterocycles. The quantitative estimate of drug-likeness (QED) is 0.0257. The van der Waals surface area contributed by atoms with Gasteiger partial charge in [-0.15, -0.1) is 0 Å². The number of carbonyl (C=O) groups excluding carboxylic acids is 2. The van der Waals surface area contributed by atoms with Crippen LogP contribution in [0.1, 0.15) is 284 Å². The fraction of sp³-hybridized carbons (Fsp3) is 0.964. The van der Waals surface area contributed by atoms with Gasteiger partial charge in [0.2, 0.25) is 0 Å². The Morgan fingerprint density at radius 2 is 0.750 bits per heavy atom. The third kappa shape index (κ3) is 39.3. The number of rotatable bonds is 50. The summed E-state index contributed by atoms with van der Waals surface area (Å²) in [6, 6.07) is 0. The molecule has 68 heavy (non-hydrogen) atoms. The van der Waals surface area contributed by atoms with Crippen molar-refractivity contribution in [3.63, 3.8) is 0 Å². The van der Waals surface area contributed by atoms with Gasteiger partial charge >= 0.3 is 11.9 Å². The van der Waals surface area contributed by atoms with Gasteiger partial charge in [0.25, 0.3) is 10.1 Å². The molecule has 0 aliphatic carbocycles. The topological polar surface area (TPSA) is 186 Å². The fourth-order valence-corrected chi connectivity index (χ4v) is 9.96. The number of hydrogen-bond acceptors (Lipinski definition) is 11. The second kappa shape index (κ2) is 45.5. The lowest BCUT2D eigenvalue weighted by molar-refractivity contribution is -0.297. The van der Waals surface area contributed by atoms with E-state index >= 15 is 0 Å². The van der Waals surface area contributed by atoms with Gasteiger partial charge in [0, 0.05) is 12.8 Å². The summed E-state index contributed by atoms with van der Waals surface area (Å²) in [5.74, 6) is -1.95. The molecule has 0 aromatic heterocycles. The van der Waals surface area contributed by atoms with Gasteiger partial charge in [-0.05, 0) is 12.8 Å². The Kier molecular flexibility index (Phi) is 43.3. The first kappa shape index (κ1) is 64.7. The third-order valence-corrected chi connectivity index (χ3v) is 14.4. The Labute approximate surface area is 416 Å². The number of aliphatic hydroxyl groups is 3. The lowest BCUT2D eigenvalue weighted by atomic mass is 10.00. The Bertz CT molecular complexity index is 1250. The Hall–Kier alpha value is -1.35. The minimum atomic E-state index is -4.60. The maximum absolute atomic E-state index is 12.9. The number of ether oxygens (including phenoxy) is 4. The van der Waals surface area contributed by atoms with Gasteiger partial charge in [0.05, 0.1) is 6.61 Å². The molecule has 2 unspecified atom stereocenters. The highest BCUT2D eigenvalue weighted by atomic mass is 32.2. The van der Waals surface area contributed by atoms with E-state index in [0.29, 0.717) is 12.8 Å². The van der Waals surface area contributed by atoms with Gasteiger partial charge in [-0.1, -0.05) is 258 Å². The van der Waals surface area contributed by atoms with Gasteiger partial charge in [-0.25, -0.2) is 0 Å². The molecule has 1 heterocycles. The van der Waals surface area contributed by atoms with E-state index < -0.39 is 71.2 Å². The predicted molar refractivity (Wildman–Crippen MR) is 275 cm³/mol. The van der Waals surface area contributed by atoms with Crippen LogP contribution in [0.3, 0.4) is 0 Å². The van der Waals surface area contributed by atoms with Crippen LogP contribution >= 0.6 is 0 Å². The van der Waals surface area contributed by atoms with Crippen molar-refractivity contribution in [3.8, 4) is 0 Å². The van der Waals surface area contributed by atoms with Gasteiger partial charge in [-0.3, -0.25) is 14.1 Å². The molecule has 0 amide bonds. The van der Waals surface area contributed by atoms with Crippen LogP contribution in [0.15, 0.2) is 0 Å². The van der Waals surface area contributed by atoms with Crippen molar-refractivity contribution in [1.29, 1.82) is 0 Å². The largest absolute Gasteiger partial charge is 0.462 e. The number of unbranched alkanes of at least 4 members (excludes halogenated alkanes) is 38. The van der Waals surface area contributed by atoms with E-state index in [1.807, 2.05) is 0 Å². The van der Waals surface area contributed by atoms with Crippen LogP contribution < -0.4 is 0 Å². The number of hydrogen-bond donors (Lipinski definition) is 4. The highest BCUT2D eigenvalue weighted by molar-refractivity contribution is 7.85. The molecule has 0 spiro atoms. The summed E-state index contributed by atoms with van der Waals surface area (Å²) >= 11 is 0. The summed E-state index contributed by atoms with van der Waals surface area (Å²) in [5.41, 5.74) is 0. The Balaban J connectivity index is 2.28. The van der Waals surface area contributed by atoms with Crippen LogP contribution in [-0.2, 0) is 38.7 Å². The molecule has 0 saturated carbocycles. The molecule has 1 fully saturated rings. The van der Waals surface area contributed by atoms with Gasteiger partial charge < -0.3 is 34.3 Å². The highest BCUT2D eigenvalue weighted by Crippen LogP contribution is 2.24. The molecule has 13 heteroatoms. The van der Waals surface area contributed by atoms with Crippen molar-refractivity contribution in [2.45, 2.75) is 320 Å². The van der Waals surface area contributed by atoms with E-state index in [9.17, 15) is 37.9 Å². The van der Waals surface area contributed by atoms with Gasteiger partial charge in [0.1, 0.15) is 36.8 Å². The van der Waals surface area contributed by atoms with Crippen LogP contribution in [0.2, 0.25) is 0 Å². The first-order valence-electron chi connectivity index (χ1n) is 28.6. The lowest BCUT2D eigenvalue weighted by Gasteiger charge is -2.40. The average molecular weight is 992 g/mol. The summed E-state index contributed by atoms with van der Waals surface area (Å²) < 4.78 is 54.4. The molecular weight excluding hydrogens is 885 g/mol. The lowest BCUT2D eigenvalue weighted by Crippen LogP contribution is -2.60. The molecule has 1 aliphatic heterocycles. The summed E-state index contributed by atoms with van der Waals surface area (Å²) in [5, 5.41) is 31.0. The molecular formula is C55H106O12S. The van der Waals surface area contributed by atoms with Crippen LogP contribution in [0, 0.1) is 0 Å². The van der Waals surface area contributed by atoms with E-state index in [1.165, 1.54) is 205 Å². The summed E-state index contributed by atoms with van der Waals surface area (Å²) in [4.78, 5) is 25.6. The van der Waals surface area contributed by atoms with E-state index in [4.69, 9.17) is 18.9 Å². The maximum Gasteiger partial charge on any atom is 0.306 e. The first-order chi connectivity index (χ1) is 33.0. The molecule has 404 valence electrons. The molecule has 1 rings (SSSR count). The standard InChI is InChI=1S/C55H106O12S/c1-3-5-7-9-11-13-15-17-19-21-22-23-24-25-26-28-29-31-33-35-37-39-41-43-50(56)64-45-48(46-65-55-54(60)53(59)52(58)49(67-55)47-68(61,62)63)66-51(57)44-42-40-38-36-34-32-30-27-20-18-16-14-12-10-8-6-4-2/h48-49,52-55,58-60H,3-47H2,1-2H3,(H,61,62,63)/t48-,49-,52-,53?,54?,55+/m1/s1. The molecule has 0 radical (unpaired) electrons.